The van der Waals surface area contributed by atoms with Crippen molar-refractivity contribution in [3.8, 4) is 0 Å². The molecule has 2 aliphatic heterocycles. The molecule has 2 aliphatic rings. The maximum absolute atomic E-state index is 14.3. The highest BCUT2D eigenvalue weighted by Gasteiger charge is 2.42. The van der Waals surface area contributed by atoms with E-state index in [1.165, 1.54) is 30.1 Å². The molecule has 0 spiro atoms. The lowest BCUT2D eigenvalue weighted by Crippen LogP contribution is -2.41. The zero-order valence-electron chi connectivity index (χ0n) is 13.8. The van der Waals surface area contributed by atoms with Gasteiger partial charge in [-0.15, -0.1) is 0 Å². The lowest BCUT2D eigenvalue weighted by Gasteiger charge is -2.37. The molecule has 8 heteroatoms. The molecular formula is C18H15Cl2F2N3S. The van der Waals surface area contributed by atoms with Crippen LogP contribution in [0, 0.1) is 11.8 Å². The molecule has 2 aromatic rings. The van der Waals surface area contributed by atoms with Crippen molar-refractivity contribution >= 4 is 45.8 Å². The summed E-state index contributed by atoms with van der Waals surface area (Å²) in [5, 5.41) is 1.11. The van der Waals surface area contributed by atoms with Gasteiger partial charge in [0.1, 0.15) is 11.5 Å². The van der Waals surface area contributed by atoms with Crippen LogP contribution in [0.5, 0.6) is 0 Å². The van der Waals surface area contributed by atoms with Gasteiger partial charge in [-0.3, -0.25) is 0 Å². The Morgan fingerprint density at radius 2 is 2.04 bits per heavy atom. The van der Waals surface area contributed by atoms with Gasteiger partial charge in [-0.05, 0) is 49.3 Å². The third kappa shape index (κ3) is 2.98. The van der Waals surface area contributed by atoms with Crippen LogP contribution in [0.2, 0.25) is 10.0 Å². The highest BCUT2D eigenvalue weighted by Crippen LogP contribution is 2.45. The number of aromatic nitrogens is 1. The fraction of sp³-hybridized carbons (Fsp3) is 0.333. The molecule has 1 aromatic carbocycles. The van der Waals surface area contributed by atoms with E-state index in [1.54, 1.807) is 0 Å². The van der Waals surface area contributed by atoms with Crippen molar-refractivity contribution < 1.29 is 8.78 Å². The van der Waals surface area contributed by atoms with Gasteiger partial charge >= 0.3 is 0 Å². The van der Waals surface area contributed by atoms with Crippen molar-refractivity contribution in [3.05, 3.63) is 57.3 Å². The van der Waals surface area contributed by atoms with E-state index in [1.807, 2.05) is 12.3 Å². The predicted molar refractivity (Wildman–Crippen MR) is 103 cm³/mol. The molecule has 3 heterocycles. The molecule has 0 amide bonds. The van der Waals surface area contributed by atoms with Gasteiger partial charge in [0.15, 0.2) is 5.17 Å². The van der Waals surface area contributed by atoms with Gasteiger partial charge in [0.25, 0.3) is 0 Å². The van der Waals surface area contributed by atoms with Crippen molar-refractivity contribution in [3.63, 3.8) is 0 Å². The fourth-order valence-corrected chi connectivity index (χ4v) is 4.80. The van der Waals surface area contributed by atoms with Crippen molar-refractivity contribution in [2.75, 3.05) is 6.26 Å². The minimum absolute atomic E-state index is 0.0262. The Hall–Kier alpha value is -1.37. The lowest BCUT2D eigenvalue weighted by atomic mass is 9.95. The molecule has 0 aliphatic carbocycles. The fourth-order valence-electron chi connectivity index (χ4n) is 3.82. The van der Waals surface area contributed by atoms with Crippen LogP contribution in [0.3, 0.4) is 0 Å². The number of pyridine rings is 1. The van der Waals surface area contributed by atoms with Gasteiger partial charge in [0.05, 0.1) is 16.1 Å². The Bertz CT molecular complexity index is 906. The second kappa shape index (κ2) is 6.98. The second-order valence-corrected chi connectivity index (χ2v) is 7.93. The SMILES string of the molecule is CSC(=Nc1cc(Cl)c(Cl)cc1F)N1[C@H]2CC[C@@H]1c1ccnc(F)c1C2. The summed E-state index contributed by atoms with van der Waals surface area (Å²) < 4.78 is 28.4. The highest BCUT2D eigenvalue weighted by atomic mass is 35.5. The summed E-state index contributed by atoms with van der Waals surface area (Å²) in [5.41, 5.74) is 1.79. The molecule has 0 radical (unpaired) electrons. The molecule has 136 valence electrons. The van der Waals surface area contributed by atoms with Crippen LogP contribution >= 0.6 is 35.0 Å². The summed E-state index contributed by atoms with van der Waals surface area (Å²) in [5.74, 6) is -0.914. The molecule has 0 N–H and O–H groups in total. The summed E-state index contributed by atoms with van der Waals surface area (Å²) in [6.07, 6.45) is 5.82. The number of rotatable bonds is 1. The molecular weight excluding hydrogens is 399 g/mol. The molecule has 0 unspecified atom stereocenters. The van der Waals surface area contributed by atoms with Crippen LogP contribution in [-0.2, 0) is 6.42 Å². The van der Waals surface area contributed by atoms with E-state index >= 15 is 0 Å². The van der Waals surface area contributed by atoms with Gasteiger partial charge in [-0.2, -0.15) is 4.39 Å². The van der Waals surface area contributed by atoms with Gasteiger partial charge < -0.3 is 4.90 Å². The Morgan fingerprint density at radius 1 is 1.27 bits per heavy atom. The molecule has 4 rings (SSSR count). The van der Waals surface area contributed by atoms with Crippen molar-refractivity contribution in [2.24, 2.45) is 4.99 Å². The zero-order chi connectivity index (χ0) is 18.4. The first kappa shape index (κ1) is 18.0. The first-order valence-corrected chi connectivity index (χ1v) is 10.2. The van der Waals surface area contributed by atoms with E-state index < -0.39 is 11.8 Å². The Balaban J connectivity index is 1.76. The van der Waals surface area contributed by atoms with E-state index in [0.717, 1.165) is 18.4 Å². The van der Waals surface area contributed by atoms with Crippen molar-refractivity contribution in [2.45, 2.75) is 31.3 Å². The summed E-state index contributed by atoms with van der Waals surface area (Å²) >= 11 is 13.3. The minimum Gasteiger partial charge on any atom is -0.341 e. The largest absolute Gasteiger partial charge is 0.341 e. The average Bonchev–Trinajstić information content (AvgIpc) is 2.92. The number of hydrogen-bond acceptors (Lipinski definition) is 3. The molecule has 0 saturated carbocycles. The maximum atomic E-state index is 14.3. The van der Waals surface area contributed by atoms with E-state index in [2.05, 4.69) is 14.9 Å². The summed E-state index contributed by atoms with van der Waals surface area (Å²) in [4.78, 5) is 10.5. The maximum Gasteiger partial charge on any atom is 0.216 e. The number of hydrogen-bond donors (Lipinski definition) is 0. The van der Waals surface area contributed by atoms with E-state index in [-0.39, 0.29) is 27.8 Å². The van der Waals surface area contributed by atoms with E-state index in [9.17, 15) is 8.78 Å². The lowest BCUT2D eigenvalue weighted by molar-refractivity contribution is 0.294. The smallest absolute Gasteiger partial charge is 0.216 e. The van der Waals surface area contributed by atoms with Gasteiger partial charge in [-0.1, -0.05) is 35.0 Å². The van der Waals surface area contributed by atoms with E-state index in [0.29, 0.717) is 17.2 Å². The number of aliphatic imine (C=N–C) groups is 1. The Morgan fingerprint density at radius 3 is 2.81 bits per heavy atom. The zero-order valence-corrected chi connectivity index (χ0v) is 16.2. The Kier molecular flexibility index (Phi) is 4.84. The van der Waals surface area contributed by atoms with Gasteiger partial charge in [-0.25, -0.2) is 14.4 Å². The molecule has 2 bridgehead atoms. The van der Waals surface area contributed by atoms with Crippen molar-refractivity contribution in [1.82, 2.24) is 9.88 Å². The van der Waals surface area contributed by atoms with Gasteiger partial charge in [0.2, 0.25) is 5.95 Å². The Labute approximate surface area is 164 Å². The molecule has 26 heavy (non-hydrogen) atoms. The third-order valence-corrected chi connectivity index (χ3v) is 6.34. The van der Waals surface area contributed by atoms with Gasteiger partial charge in [0, 0.05) is 17.8 Å². The van der Waals surface area contributed by atoms with Crippen LogP contribution in [0.1, 0.15) is 30.0 Å². The number of amidine groups is 1. The standard InChI is InChI=1S/C18H15Cl2F2N3S/c1-26-18(24-15-8-13(20)12(19)7-14(15)21)25-9-2-3-16(25)10-4-5-23-17(22)11(10)6-9/h4-5,7-9,16H,2-3,6H2,1H3/t9-,16+/m0/s1. The highest BCUT2D eigenvalue weighted by molar-refractivity contribution is 8.13. The van der Waals surface area contributed by atoms with Crippen LogP contribution < -0.4 is 0 Å². The van der Waals surface area contributed by atoms with Crippen LogP contribution in [0.15, 0.2) is 29.4 Å². The van der Waals surface area contributed by atoms with E-state index in [4.69, 9.17) is 23.2 Å². The second-order valence-electron chi connectivity index (χ2n) is 6.34. The first-order valence-electron chi connectivity index (χ1n) is 8.18. The number of halogens is 4. The molecule has 1 fully saturated rings. The van der Waals surface area contributed by atoms with Crippen LogP contribution in [0.4, 0.5) is 14.5 Å². The molecule has 1 aromatic heterocycles. The third-order valence-electron chi connectivity index (χ3n) is 4.95. The topological polar surface area (TPSA) is 28.5 Å². The first-order chi connectivity index (χ1) is 12.5. The number of nitrogens with zero attached hydrogens (tertiary/aromatic N) is 3. The quantitative estimate of drug-likeness (QED) is 0.256. The average molecular weight is 414 g/mol. The predicted octanol–water partition coefficient (Wildman–Crippen LogP) is 5.78. The molecule has 3 nitrogen and oxygen atoms in total. The summed E-state index contributed by atoms with van der Waals surface area (Å²) in [6, 6.07) is 4.62. The van der Waals surface area contributed by atoms with Crippen LogP contribution in [-0.4, -0.2) is 27.3 Å². The minimum atomic E-state index is -0.522. The van der Waals surface area contributed by atoms with Crippen molar-refractivity contribution in [1.29, 1.82) is 0 Å². The molecule has 2 atom stereocenters. The number of fused-ring (bicyclic) bond motifs is 4. The number of benzene rings is 1. The summed E-state index contributed by atoms with van der Waals surface area (Å²) in [7, 11) is 0. The normalized spacial score (nSPS) is 21.9. The monoisotopic (exact) mass is 413 g/mol. The number of thioether (sulfide) groups is 1. The summed E-state index contributed by atoms with van der Waals surface area (Å²) in [6.45, 7) is 0. The van der Waals surface area contributed by atoms with Crippen LogP contribution in [0.25, 0.3) is 0 Å². The molecule has 1 saturated heterocycles.